The van der Waals surface area contributed by atoms with Gasteiger partial charge in [0.05, 0.1) is 23.5 Å². The molecule has 3 aromatic rings. The van der Waals surface area contributed by atoms with E-state index in [0.717, 1.165) is 53.0 Å². The molecule has 2 heterocycles. The molecule has 2 aromatic heterocycles. The third-order valence-electron chi connectivity index (χ3n) is 5.54. The molecule has 1 aliphatic rings. The zero-order valence-corrected chi connectivity index (χ0v) is 22.5. The van der Waals surface area contributed by atoms with Gasteiger partial charge in [-0.25, -0.2) is 8.42 Å². The lowest BCUT2D eigenvalue weighted by atomic mass is 9.92. The fourth-order valence-electron chi connectivity index (χ4n) is 3.94. The molecule has 0 N–H and O–H groups in total. The predicted molar refractivity (Wildman–Crippen MR) is 139 cm³/mol. The van der Waals surface area contributed by atoms with Crippen LogP contribution in [0.2, 0.25) is 19.4 Å². The summed E-state index contributed by atoms with van der Waals surface area (Å²) in [5.74, 6) is -0.920. The number of carbonyl (C=O) groups is 1. The van der Waals surface area contributed by atoms with Crippen molar-refractivity contribution in [1.82, 2.24) is 9.78 Å². The van der Waals surface area contributed by atoms with Crippen LogP contribution < -0.4 is 0 Å². The van der Waals surface area contributed by atoms with Crippen LogP contribution in [0.15, 0.2) is 40.7 Å². The van der Waals surface area contributed by atoms with Crippen LogP contribution in [0.4, 0.5) is 0 Å². The average Bonchev–Trinajstić information content (AvgIpc) is 3.34. The summed E-state index contributed by atoms with van der Waals surface area (Å²) in [5, 5.41) is 5.89. The van der Waals surface area contributed by atoms with E-state index in [2.05, 4.69) is 5.10 Å². The van der Waals surface area contributed by atoms with Crippen LogP contribution in [-0.4, -0.2) is 29.7 Å². The Morgan fingerprint density at radius 3 is 2.62 bits per heavy atom. The van der Waals surface area contributed by atoms with Crippen molar-refractivity contribution in [3.05, 3.63) is 72.8 Å². The fourth-order valence-corrected chi connectivity index (χ4v) is 7.66. The Morgan fingerprint density at radius 1 is 1.12 bits per heavy atom. The Balaban J connectivity index is 1.45. The summed E-state index contributed by atoms with van der Waals surface area (Å²) in [4.78, 5) is 12.4. The molecule has 4 rings (SSSR count). The first-order valence-corrected chi connectivity index (χ1v) is 14.5. The summed E-state index contributed by atoms with van der Waals surface area (Å²) in [6.07, 6.45) is 7.26. The van der Waals surface area contributed by atoms with E-state index in [4.69, 9.17) is 46.4 Å². The van der Waals surface area contributed by atoms with Crippen LogP contribution in [-0.2, 0) is 27.6 Å². The number of sulfone groups is 1. The molecule has 0 unspecified atom stereocenters. The van der Waals surface area contributed by atoms with Crippen molar-refractivity contribution in [3.63, 3.8) is 0 Å². The zero-order valence-electron chi connectivity index (χ0n) is 17.9. The van der Waals surface area contributed by atoms with E-state index in [1.807, 2.05) is 23.0 Å². The molecule has 0 aliphatic heterocycles. The Bertz CT molecular complexity index is 1360. The Morgan fingerprint density at radius 2 is 1.91 bits per heavy atom. The van der Waals surface area contributed by atoms with Crippen LogP contribution in [0, 0.1) is 0 Å². The van der Waals surface area contributed by atoms with Gasteiger partial charge in [-0.05, 0) is 60.6 Å². The molecular formula is C23H20Cl4N2O3S2. The summed E-state index contributed by atoms with van der Waals surface area (Å²) in [6, 6.07) is 6.69. The predicted octanol–water partition coefficient (Wildman–Crippen LogP) is 7.15. The molecule has 0 saturated carbocycles. The molecule has 0 atom stereocenters. The highest BCUT2D eigenvalue weighted by molar-refractivity contribution is 7.94. The molecule has 0 radical (unpaired) electrons. The number of allylic oxidation sites excluding steroid dienone is 2. The summed E-state index contributed by atoms with van der Waals surface area (Å²) in [6.45, 7) is 0.506. The maximum atomic E-state index is 12.5. The molecule has 1 aromatic carbocycles. The van der Waals surface area contributed by atoms with Crippen LogP contribution >= 0.6 is 57.7 Å². The maximum Gasteiger partial charge on any atom is 0.194 e. The first kappa shape index (κ1) is 25.7. The van der Waals surface area contributed by atoms with Gasteiger partial charge >= 0.3 is 0 Å². The van der Waals surface area contributed by atoms with E-state index < -0.39 is 15.6 Å². The van der Waals surface area contributed by atoms with Gasteiger partial charge in [0.25, 0.3) is 0 Å². The monoisotopic (exact) mass is 576 g/mol. The van der Waals surface area contributed by atoms with Crippen molar-refractivity contribution >= 4 is 78.9 Å². The molecular weight excluding hydrogens is 558 g/mol. The molecule has 34 heavy (non-hydrogen) atoms. The van der Waals surface area contributed by atoms with E-state index in [9.17, 15) is 13.2 Å². The quantitative estimate of drug-likeness (QED) is 0.285. The average molecular weight is 578 g/mol. The van der Waals surface area contributed by atoms with Gasteiger partial charge in [-0.15, -0.1) is 11.3 Å². The number of fused-ring (bicyclic) bond motifs is 1. The molecule has 0 bridgehead atoms. The second-order valence-electron chi connectivity index (χ2n) is 8.02. The number of hydrogen-bond acceptors (Lipinski definition) is 5. The molecule has 5 nitrogen and oxygen atoms in total. The van der Waals surface area contributed by atoms with Gasteiger partial charge in [0, 0.05) is 16.5 Å². The third kappa shape index (κ3) is 5.89. The van der Waals surface area contributed by atoms with Crippen molar-refractivity contribution in [2.45, 2.75) is 42.9 Å². The van der Waals surface area contributed by atoms with Gasteiger partial charge in [0.15, 0.2) is 9.84 Å². The fraction of sp³-hybridized carbons (Fsp3) is 0.304. The summed E-state index contributed by atoms with van der Waals surface area (Å²) in [5.41, 5.74) is 4.22. The lowest BCUT2D eigenvalue weighted by Gasteiger charge is -2.18. The van der Waals surface area contributed by atoms with Crippen molar-refractivity contribution < 1.29 is 13.2 Å². The van der Waals surface area contributed by atoms with Crippen molar-refractivity contribution in [2.75, 3.05) is 5.75 Å². The normalized spacial score (nSPS) is 15.0. The van der Waals surface area contributed by atoms with Crippen LogP contribution in [0.5, 0.6) is 0 Å². The number of halogens is 4. The van der Waals surface area contributed by atoms with Crippen LogP contribution in [0.25, 0.3) is 5.57 Å². The number of carbonyl (C=O) groups excluding carboxylic acids is 1. The van der Waals surface area contributed by atoms with Gasteiger partial charge in [0.1, 0.15) is 20.1 Å². The number of nitrogens with zero attached hydrogens (tertiary/aromatic N) is 2. The number of Topliss-reactive ketones (excluding diaryl/α,β-unsaturated/α-hetero) is 1. The first-order chi connectivity index (χ1) is 16.1. The summed E-state index contributed by atoms with van der Waals surface area (Å²) >= 11 is 24.9. The molecule has 0 saturated heterocycles. The largest absolute Gasteiger partial charge is 0.299 e. The van der Waals surface area contributed by atoms with E-state index in [-0.39, 0.29) is 25.8 Å². The number of benzene rings is 1. The third-order valence-corrected chi connectivity index (χ3v) is 10.2. The number of hydrogen-bond donors (Lipinski definition) is 0. The number of aromatic nitrogens is 2. The van der Waals surface area contributed by atoms with E-state index >= 15 is 0 Å². The highest BCUT2D eigenvalue weighted by atomic mass is 35.5. The maximum absolute atomic E-state index is 12.5. The summed E-state index contributed by atoms with van der Waals surface area (Å²) < 4.78 is 27.1. The van der Waals surface area contributed by atoms with Gasteiger partial charge in [-0.2, -0.15) is 5.10 Å². The highest BCUT2D eigenvalue weighted by Crippen LogP contribution is 2.35. The molecule has 11 heteroatoms. The van der Waals surface area contributed by atoms with Gasteiger partial charge in [-0.1, -0.05) is 58.5 Å². The second kappa shape index (κ2) is 10.7. The van der Waals surface area contributed by atoms with Crippen molar-refractivity contribution in [2.24, 2.45) is 0 Å². The molecule has 0 spiro atoms. The lowest BCUT2D eigenvalue weighted by molar-refractivity contribution is -0.116. The Kier molecular flexibility index (Phi) is 8.12. The standard InChI is InChI=1S/C23H20Cl4N2O3S2/c24-17-8-7-16(19(25)9-17)12-29-22-14(3-1-5-15(22)11-28-29)4-2-6-18(30)13-34(31,32)21-10-20(26)23(27)33-21/h4,7-11H,1-3,5-6,12-13H2/b14-4+. The van der Waals surface area contributed by atoms with Crippen LogP contribution in [0.3, 0.4) is 0 Å². The van der Waals surface area contributed by atoms with Gasteiger partial charge in [-0.3, -0.25) is 9.48 Å². The summed E-state index contributed by atoms with van der Waals surface area (Å²) in [7, 11) is -3.76. The zero-order chi connectivity index (χ0) is 24.5. The van der Waals surface area contributed by atoms with Crippen LogP contribution in [0.1, 0.15) is 42.5 Å². The number of thiophene rings is 1. The van der Waals surface area contributed by atoms with Crippen molar-refractivity contribution in [1.29, 1.82) is 0 Å². The van der Waals surface area contributed by atoms with E-state index in [1.165, 1.54) is 6.07 Å². The topological polar surface area (TPSA) is 69.0 Å². The van der Waals surface area contributed by atoms with E-state index in [0.29, 0.717) is 23.0 Å². The smallest absolute Gasteiger partial charge is 0.194 e. The minimum atomic E-state index is -3.76. The number of ketones is 1. The lowest BCUT2D eigenvalue weighted by Crippen LogP contribution is -2.15. The second-order valence-corrected chi connectivity index (χ2v) is 13.1. The SMILES string of the molecule is O=C(CC/C=C1\CCCc2cnn(Cc3ccc(Cl)cc3Cl)c21)CS(=O)(=O)c1cc(Cl)c(Cl)s1. The van der Waals surface area contributed by atoms with Crippen molar-refractivity contribution in [3.8, 4) is 0 Å². The molecule has 180 valence electrons. The minimum absolute atomic E-state index is 0.0101. The van der Waals surface area contributed by atoms with E-state index in [1.54, 1.807) is 12.1 Å². The molecule has 0 fully saturated rings. The first-order valence-electron chi connectivity index (χ1n) is 10.5. The minimum Gasteiger partial charge on any atom is -0.299 e. The van der Waals surface area contributed by atoms with Gasteiger partial charge < -0.3 is 0 Å². The Labute approximate surface area is 222 Å². The molecule has 0 amide bonds. The number of aryl methyl sites for hydroxylation is 1. The molecule has 1 aliphatic carbocycles. The number of rotatable bonds is 8. The Hall–Kier alpha value is -1.35. The van der Waals surface area contributed by atoms with Gasteiger partial charge in [0.2, 0.25) is 0 Å². The highest BCUT2D eigenvalue weighted by Gasteiger charge is 2.23.